The molecule has 8 nitrogen and oxygen atoms in total. The van der Waals surface area contributed by atoms with E-state index in [1.807, 2.05) is 0 Å². The molecule has 2 aromatic heterocycles. The van der Waals surface area contributed by atoms with Crippen molar-refractivity contribution in [3.63, 3.8) is 0 Å². The molecule has 2 heterocycles. The van der Waals surface area contributed by atoms with Gasteiger partial charge < -0.3 is 9.84 Å². The molecule has 0 fully saturated rings. The summed E-state index contributed by atoms with van der Waals surface area (Å²) in [4.78, 5) is 30.2. The Bertz CT molecular complexity index is 649. The van der Waals surface area contributed by atoms with Crippen molar-refractivity contribution < 1.29 is 19.4 Å². The zero-order valence-electron chi connectivity index (χ0n) is 10.5. The molecule has 2 rings (SSSR count). The third-order valence-electron chi connectivity index (χ3n) is 2.46. The minimum Gasteiger partial charge on any atom is -0.481 e. The number of carboxylic acids is 1. The van der Waals surface area contributed by atoms with Crippen molar-refractivity contribution in [3.8, 4) is 0 Å². The zero-order chi connectivity index (χ0) is 14.0. The summed E-state index contributed by atoms with van der Waals surface area (Å²) in [7, 11) is 0. The third-order valence-corrected chi connectivity index (χ3v) is 2.46. The summed E-state index contributed by atoms with van der Waals surface area (Å²) in [6.45, 7) is 3.64. The number of aromatic nitrogens is 4. The summed E-state index contributed by atoms with van der Waals surface area (Å²) >= 11 is 0. The van der Waals surface area contributed by atoms with Gasteiger partial charge in [-0.25, -0.2) is 14.3 Å². The van der Waals surface area contributed by atoms with Crippen molar-refractivity contribution in [3.05, 3.63) is 23.3 Å². The maximum Gasteiger partial charge on any atom is 0.341 e. The second-order valence-corrected chi connectivity index (χ2v) is 3.79. The van der Waals surface area contributed by atoms with Crippen LogP contribution < -0.4 is 0 Å². The van der Waals surface area contributed by atoms with Crippen LogP contribution in [0.5, 0.6) is 0 Å². The highest BCUT2D eigenvalue weighted by Gasteiger charge is 2.16. The van der Waals surface area contributed by atoms with E-state index in [2.05, 4.69) is 15.1 Å². The number of fused-ring (bicyclic) bond motifs is 1. The molecule has 100 valence electrons. The Kier molecular flexibility index (Phi) is 3.41. The molecule has 0 aliphatic heterocycles. The molecule has 0 spiro atoms. The fourth-order valence-electron chi connectivity index (χ4n) is 1.60. The van der Waals surface area contributed by atoms with Crippen LogP contribution in [-0.4, -0.2) is 43.2 Å². The lowest BCUT2D eigenvalue weighted by atomic mass is 10.2. The van der Waals surface area contributed by atoms with Crippen LogP contribution in [-0.2, 0) is 16.0 Å². The van der Waals surface area contributed by atoms with Crippen molar-refractivity contribution in [2.45, 2.75) is 20.3 Å². The van der Waals surface area contributed by atoms with E-state index in [4.69, 9.17) is 9.84 Å². The van der Waals surface area contributed by atoms with Gasteiger partial charge in [-0.05, 0) is 13.8 Å². The SMILES string of the molecule is CCOC(=O)c1cnc2nc(CC(=O)O)nn2c1C. The number of rotatable bonds is 4. The molecule has 0 unspecified atom stereocenters. The lowest BCUT2D eigenvalue weighted by Gasteiger charge is -2.05. The molecule has 0 saturated carbocycles. The first kappa shape index (κ1) is 12.9. The number of ether oxygens (including phenoxy) is 1. The fourth-order valence-corrected chi connectivity index (χ4v) is 1.60. The first-order valence-electron chi connectivity index (χ1n) is 5.63. The standard InChI is InChI=1S/C11H12N4O4/c1-3-19-10(18)7-5-12-11-13-8(4-9(16)17)14-15(11)6(7)2/h5H,3-4H2,1-2H3,(H,16,17). The van der Waals surface area contributed by atoms with Gasteiger partial charge in [0, 0.05) is 6.20 Å². The molecule has 0 aromatic carbocycles. The van der Waals surface area contributed by atoms with Crippen molar-refractivity contribution in [2.24, 2.45) is 0 Å². The van der Waals surface area contributed by atoms with Crippen LogP contribution in [0, 0.1) is 6.92 Å². The molecular formula is C11H12N4O4. The van der Waals surface area contributed by atoms with Crippen LogP contribution >= 0.6 is 0 Å². The Labute approximate surface area is 108 Å². The minimum absolute atomic E-state index is 0.143. The Morgan fingerprint density at radius 2 is 2.21 bits per heavy atom. The van der Waals surface area contributed by atoms with E-state index < -0.39 is 11.9 Å². The molecule has 0 bridgehead atoms. The van der Waals surface area contributed by atoms with Gasteiger partial charge in [-0.3, -0.25) is 4.79 Å². The minimum atomic E-state index is -1.03. The lowest BCUT2D eigenvalue weighted by molar-refractivity contribution is -0.136. The molecular weight excluding hydrogens is 252 g/mol. The van der Waals surface area contributed by atoms with Crippen molar-refractivity contribution in [1.82, 2.24) is 19.6 Å². The number of esters is 1. The zero-order valence-corrected chi connectivity index (χ0v) is 10.5. The fraction of sp³-hybridized carbons (Fsp3) is 0.364. The molecule has 0 amide bonds. The number of aliphatic carboxylic acids is 1. The van der Waals surface area contributed by atoms with Gasteiger partial charge in [-0.15, -0.1) is 5.10 Å². The van der Waals surface area contributed by atoms with Crippen LogP contribution in [0.3, 0.4) is 0 Å². The Balaban J connectivity index is 2.46. The van der Waals surface area contributed by atoms with Crippen LogP contribution in [0.1, 0.15) is 28.8 Å². The van der Waals surface area contributed by atoms with Gasteiger partial charge in [0.15, 0.2) is 5.82 Å². The maximum atomic E-state index is 11.7. The average molecular weight is 264 g/mol. The smallest absolute Gasteiger partial charge is 0.341 e. The first-order valence-corrected chi connectivity index (χ1v) is 5.63. The van der Waals surface area contributed by atoms with Gasteiger partial charge in [-0.1, -0.05) is 0 Å². The van der Waals surface area contributed by atoms with Gasteiger partial charge in [0.1, 0.15) is 6.42 Å². The van der Waals surface area contributed by atoms with Crippen LogP contribution in [0.15, 0.2) is 6.20 Å². The second kappa shape index (κ2) is 5.01. The third kappa shape index (κ3) is 2.51. The molecule has 0 aliphatic rings. The highest BCUT2D eigenvalue weighted by Crippen LogP contribution is 2.10. The lowest BCUT2D eigenvalue weighted by Crippen LogP contribution is -2.11. The monoisotopic (exact) mass is 264 g/mol. The molecule has 1 N–H and O–H groups in total. The van der Waals surface area contributed by atoms with E-state index in [-0.39, 0.29) is 30.2 Å². The van der Waals surface area contributed by atoms with Gasteiger partial charge in [0.25, 0.3) is 5.78 Å². The number of carboxylic acid groups (broad SMARTS) is 1. The van der Waals surface area contributed by atoms with Crippen molar-refractivity contribution in [2.75, 3.05) is 6.61 Å². The number of hydrogen-bond donors (Lipinski definition) is 1. The number of carbonyl (C=O) groups is 2. The van der Waals surface area contributed by atoms with Gasteiger partial charge in [-0.2, -0.15) is 4.98 Å². The largest absolute Gasteiger partial charge is 0.481 e. The molecule has 0 atom stereocenters. The average Bonchev–Trinajstić information content (AvgIpc) is 2.72. The van der Waals surface area contributed by atoms with Crippen LogP contribution in [0.2, 0.25) is 0 Å². The number of aryl methyl sites for hydroxylation is 1. The van der Waals surface area contributed by atoms with Crippen molar-refractivity contribution in [1.29, 1.82) is 0 Å². The predicted octanol–water partition coefficient (Wildman–Crippen LogP) is 0.237. The number of hydrogen-bond acceptors (Lipinski definition) is 6. The highest BCUT2D eigenvalue weighted by molar-refractivity contribution is 5.90. The molecule has 0 saturated heterocycles. The van der Waals surface area contributed by atoms with Crippen molar-refractivity contribution >= 4 is 17.7 Å². The van der Waals surface area contributed by atoms with Gasteiger partial charge in [0.2, 0.25) is 0 Å². The van der Waals surface area contributed by atoms with E-state index in [0.717, 1.165) is 0 Å². The second-order valence-electron chi connectivity index (χ2n) is 3.79. The topological polar surface area (TPSA) is 107 Å². The summed E-state index contributed by atoms with van der Waals surface area (Å²) in [5.74, 6) is -1.13. The summed E-state index contributed by atoms with van der Waals surface area (Å²) in [6, 6.07) is 0. The molecule has 0 radical (unpaired) electrons. The summed E-state index contributed by atoms with van der Waals surface area (Å²) < 4.78 is 6.23. The first-order chi connectivity index (χ1) is 9.02. The Hall–Kier alpha value is -2.51. The van der Waals surface area contributed by atoms with E-state index in [0.29, 0.717) is 5.69 Å². The van der Waals surface area contributed by atoms with Gasteiger partial charge >= 0.3 is 11.9 Å². The number of nitrogens with zero attached hydrogens (tertiary/aromatic N) is 4. The highest BCUT2D eigenvalue weighted by atomic mass is 16.5. The molecule has 8 heteroatoms. The quantitative estimate of drug-likeness (QED) is 0.788. The van der Waals surface area contributed by atoms with E-state index in [1.54, 1.807) is 13.8 Å². The van der Waals surface area contributed by atoms with Crippen LogP contribution in [0.25, 0.3) is 5.78 Å². The van der Waals surface area contributed by atoms with Gasteiger partial charge in [0.05, 0.1) is 17.9 Å². The molecule has 0 aliphatic carbocycles. The summed E-state index contributed by atoms with van der Waals surface area (Å²) in [5, 5.41) is 12.7. The normalized spacial score (nSPS) is 10.6. The van der Waals surface area contributed by atoms with E-state index >= 15 is 0 Å². The predicted molar refractivity (Wildman–Crippen MR) is 62.8 cm³/mol. The maximum absolute atomic E-state index is 11.7. The van der Waals surface area contributed by atoms with Crippen LogP contribution in [0.4, 0.5) is 0 Å². The Morgan fingerprint density at radius 1 is 1.47 bits per heavy atom. The number of carbonyl (C=O) groups excluding carboxylic acids is 1. The molecule has 2 aromatic rings. The Morgan fingerprint density at radius 3 is 2.84 bits per heavy atom. The molecule has 19 heavy (non-hydrogen) atoms. The summed E-state index contributed by atoms with van der Waals surface area (Å²) in [5.41, 5.74) is 0.786. The summed E-state index contributed by atoms with van der Waals surface area (Å²) in [6.07, 6.45) is 1.05. The van der Waals surface area contributed by atoms with E-state index in [9.17, 15) is 9.59 Å². The van der Waals surface area contributed by atoms with E-state index in [1.165, 1.54) is 10.7 Å².